The van der Waals surface area contributed by atoms with Gasteiger partial charge >= 0.3 is 0 Å². The van der Waals surface area contributed by atoms with Crippen molar-refractivity contribution in [3.05, 3.63) is 35.4 Å². The molecule has 0 aromatic heterocycles. The molecule has 0 bridgehead atoms. The van der Waals surface area contributed by atoms with Crippen LogP contribution in [0.5, 0.6) is 0 Å². The maximum atomic E-state index is 5.40. The van der Waals surface area contributed by atoms with Gasteiger partial charge in [-0.05, 0) is 25.5 Å². The minimum Gasteiger partial charge on any atom is -0.379 e. The number of benzene rings is 1. The third-order valence-corrected chi connectivity index (χ3v) is 3.73. The lowest BCUT2D eigenvalue weighted by molar-refractivity contribution is 0.0361. The lowest BCUT2D eigenvalue weighted by Crippen LogP contribution is -2.38. The molecule has 2 rings (SSSR count). The number of aryl methyl sites for hydroxylation is 1. The normalized spacial score (nSPS) is 18.4. The molecule has 1 heterocycles. The van der Waals surface area contributed by atoms with Gasteiger partial charge in [-0.15, -0.1) is 0 Å². The van der Waals surface area contributed by atoms with E-state index < -0.39 is 0 Å². The van der Waals surface area contributed by atoms with Crippen LogP contribution in [0.4, 0.5) is 0 Å². The molecular formula is C16H26N2O. The predicted octanol–water partition coefficient (Wildman–Crippen LogP) is 2.37. The van der Waals surface area contributed by atoms with Crippen molar-refractivity contribution in [1.82, 2.24) is 10.2 Å². The van der Waals surface area contributed by atoms with Crippen molar-refractivity contribution in [3.8, 4) is 0 Å². The molecule has 1 aromatic rings. The number of nitrogens with one attached hydrogen (secondary N) is 1. The first kappa shape index (κ1) is 14.5. The fourth-order valence-electron chi connectivity index (χ4n) is 2.66. The Morgan fingerprint density at radius 3 is 2.79 bits per heavy atom. The molecule has 0 radical (unpaired) electrons. The molecule has 1 fully saturated rings. The van der Waals surface area contributed by atoms with E-state index in [0.29, 0.717) is 6.04 Å². The van der Waals surface area contributed by atoms with E-state index in [1.807, 2.05) is 0 Å². The van der Waals surface area contributed by atoms with Crippen molar-refractivity contribution in [2.24, 2.45) is 0 Å². The minimum atomic E-state index is 0.466. The number of ether oxygens (including phenoxy) is 1. The summed E-state index contributed by atoms with van der Waals surface area (Å²) in [5, 5.41) is 3.61. The highest BCUT2D eigenvalue weighted by atomic mass is 16.5. The van der Waals surface area contributed by atoms with Crippen LogP contribution in [-0.2, 0) is 4.74 Å². The lowest BCUT2D eigenvalue weighted by Gasteiger charge is -2.28. The largest absolute Gasteiger partial charge is 0.379 e. The lowest BCUT2D eigenvalue weighted by atomic mass is 10.0. The van der Waals surface area contributed by atoms with E-state index in [1.165, 1.54) is 11.1 Å². The van der Waals surface area contributed by atoms with Gasteiger partial charge in [0, 0.05) is 25.7 Å². The standard InChI is InChI=1S/C16H26N2O/c1-3-17-16(15-6-4-5-14(2)13-15)7-8-18-9-11-19-12-10-18/h4-6,13,16-17H,3,7-12H2,1-2H3. The van der Waals surface area contributed by atoms with Gasteiger partial charge < -0.3 is 10.1 Å². The molecule has 0 amide bonds. The zero-order valence-electron chi connectivity index (χ0n) is 12.2. The van der Waals surface area contributed by atoms with Crippen LogP contribution in [-0.4, -0.2) is 44.3 Å². The Labute approximate surface area is 116 Å². The van der Waals surface area contributed by atoms with Crippen LogP contribution in [0, 0.1) is 6.92 Å². The smallest absolute Gasteiger partial charge is 0.0594 e. The zero-order chi connectivity index (χ0) is 13.5. The topological polar surface area (TPSA) is 24.5 Å². The second-order valence-corrected chi connectivity index (χ2v) is 5.27. The Morgan fingerprint density at radius 2 is 2.11 bits per heavy atom. The molecule has 19 heavy (non-hydrogen) atoms. The summed E-state index contributed by atoms with van der Waals surface area (Å²) < 4.78 is 5.40. The van der Waals surface area contributed by atoms with Gasteiger partial charge in [-0.3, -0.25) is 4.90 Å². The van der Waals surface area contributed by atoms with Gasteiger partial charge in [0.25, 0.3) is 0 Å². The highest BCUT2D eigenvalue weighted by Gasteiger charge is 2.14. The van der Waals surface area contributed by atoms with Crippen LogP contribution in [0.2, 0.25) is 0 Å². The molecule has 0 spiro atoms. The van der Waals surface area contributed by atoms with Gasteiger partial charge in [-0.1, -0.05) is 36.8 Å². The van der Waals surface area contributed by atoms with Crippen molar-refractivity contribution < 1.29 is 4.74 Å². The summed E-state index contributed by atoms with van der Waals surface area (Å²) >= 11 is 0. The Morgan fingerprint density at radius 1 is 1.32 bits per heavy atom. The molecule has 1 atom stereocenters. The third-order valence-electron chi connectivity index (χ3n) is 3.73. The molecule has 3 heteroatoms. The van der Waals surface area contributed by atoms with Gasteiger partial charge in [0.15, 0.2) is 0 Å². The Hall–Kier alpha value is -0.900. The number of hydrogen-bond donors (Lipinski definition) is 1. The maximum absolute atomic E-state index is 5.40. The van der Waals surface area contributed by atoms with E-state index in [2.05, 4.69) is 48.3 Å². The number of nitrogens with zero attached hydrogens (tertiary/aromatic N) is 1. The van der Waals surface area contributed by atoms with Crippen LogP contribution in [0.25, 0.3) is 0 Å². The minimum absolute atomic E-state index is 0.466. The molecule has 0 saturated carbocycles. The van der Waals surface area contributed by atoms with Crippen LogP contribution < -0.4 is 5.32 Å². The first-order valence-electron chi connectivity index (χ1n) is 7.39. The highest BCUT2D eigenvalue weighted by molar-refractivity contribution is 5.25. The summed E-state index contributed by atoms with van der Waals surface area (Å²) in [4.78, 5) is 2.50. The summed E-state index contributed by atoms with van der Waals surface area (Å²) in [6.45, 7) is 10.4. The van der Waals surface area contributed by atoms with Gasteiger partial charge in [-0.25, -0.2) is 0 Å². The fraction of sp³-hybridized carbons (Fsp3) is 0.625. The average Bonchev–Trinajstić information content (AvgIpc) is 2.44. The summed E-state index contributed by atoms with van der Waals surface area (Å²) in [6.07, 6.45) is 1.16. The first-order chi connectivity index (χ1) is 9.29. The first-order valence-corrected chi connectivity index (χ1v) is 7.39. The monoisotopic (exact) mass is 262 g/mol. The van der Waals surface area contributed by atoms with Crippen molar-refractivity contribution >= 4 is 0 Å². The quantitative estimate of drug-likeness (QED) is 0.852. The third kappa shape index (κ3) is 4.60. The Kier molecular flexibility index (Phi) is 5.83. The van der Waals surface area contributed by atoms with E-state index in [-0.39, 0.29) is 0 Å². The molecular weight excluding hydrogens is 236 g/mol. The number of rotatable bonds is 6. The van der Waals surface area contributed by atoms with Gasteiger partial charge in [0.2, 0.25) is 0 Å². The van der Waals surface area contributed by atoms with Crippen LogP contribution in [0.15, 0.2) is 24.3 Å². The highest BCUT2D eigenvalue weighted by Crippen LogP contribution is 2.18. The average molecular weight is 262 g/mol. The molecule has 1 aliphatic heterocycles. The molecule has 1 N–H and O–H groups in total. The van der Waals surface area contributed by atoms with Gasteiger partial charge in [-0.2, -0.15) is 0 Å². The predicted molar refractivity (Wildman–Crippen MR) is 79.5 cm³/mol. The Balaban J connectivity index is 1.91. The van der Waals surface area contributed by atoms with E-state index in [9.17, 15) is 0 Å². The SMILES string of the molecule is CCNC(CCN1CCOCC1)c1cccc(C)c1. The second kappa shape index (κ2) is 7.63. The van der Waals surface area contributed by atoms with Crippen LogP contribution in [0.3, 0.4) is 0 Å². The zero-order valence-corrected chi connectivity index (χ0v) is 12.2. The van der Waals surface area contributed by atoms with Crippen molar-refractivity contribution in [3.63, 3.8) is 0 Å². The second-order valence-electron chi connectivity index (χ2n) is 5.27. The molecule has 3 nitrogen and oxygen atoms in total. The van der Waals surface area contributed by atoms with Gasteiger partial charge in [0.05, 0.1) is 13.2 Å². The summed E-state index contributed by atoms with van der Waals surface area (Å²) in [5.74, 6) is 0. The van der Waals surface area contributed by atoms with Crippen molar-refractivity contribution in [2.45, 2.75) is 26.3 Å². The van der Waals surface area contributed by atoms with E-state index >= 15 is 0 Å². The van der Waals surface area contributed by atoms with E-state index in [1.54, 1.807) is 0 Å². The van der Waals surface area contributed by atoms with Gasteiger partial charge in [0.1, 0.15) is 0 Å². The molecule has 1 saturated heterocycles. The number of hydrogen-bond acceptors (Lipinski definition) is 3. The molecule has 0 aliphatic carbocycles. The molecule has 1 aliphatic rings. The maximum Gasteiger partial charge on any atom is 0.0594 e. The summed E-state index contributed by atoms with van der Waals surface area (Å²) in [6, 6.07) is 9.32. The van der Waals surface area contributed by atoms with Crippen molar-refractivity contribution in [2.75, 3.05) is 39.4 Å². The fourth-order valence-corrected chi connectivity index (χ4v) is 2.66. The molecule has 1 unspecified atom stereocenters. The van der Waals surface area contributed by atoms with Crippen LogP contribution >= 0.6 is 0 Å². The summed E-state index contributed by atoms with van der Waals surface area (Å²) in [5.41, 5.74) is 2.75. The van der Waals surface area contributed by atoms with E-state index in [4.69, 9.17) is 4.74 Å². The molecule has 106 valence electrons. The summed E-state index contributed by atoms with van der Waals surface area (Å²) in [7, 11) is 0. The molecule has 1 aromatic carbocycles. The Bertz CT molecular complexity index is 375. The number of morpholine rings is 1. The van der Waals surface area contributed by atoms with Crippen LogP contribution in [0.1, 0.15) is 30.5 Å². The van der Waals surface area contributed by atoms with E-state index in [0.717, 1.165) is 45.8 Å². The van der Waals surface area contributed by atoms with Crippen molar-refractivity contribution in [1.29, 1.82) is 0 Å².